The van der Waals surface area contributed by atoms with Gasteiger partial charge in [0, 0.05) is 25.1 Å². The van der Waals surface area contributed by atoms with Crippen molar-refractivity contribution in [3.63, 3.8) is 0 Å². The van der Waals surface area contributed by atoms with Crippen LogP contribution in [0.25, 0.3) is 0 Å². The lowest BCUT2D eigenvalue weighted by molar-refractivity contribution is -0.141. The smallest absolute Gasteiger partial charge is 0.327 e. The van der Waals surface area contributed by atoms with E-state index in [4.69, 9.17) is 0 Å². The van der Waals surface area contributed by atoms with Crippen LogP contribution in [0, 0.1) is 0 Å². The fraction of sp³-hybridized carbons (Fsp3) is 0.583. The second kappa shape index (κ2) is 6.17. The van der Waals surface area contributed by atoms with Gasteiger partial charge in [0.2, 0.25) is 0 Å². The third kappa shape index (κ3) is 3.06. The van der Waals surface area contributed by atoms with Crippen LogP contribution >= 0.6 is 11.8 Å². The molecule has 2 rings (SSSR count). The molecule has 7 nitrogen and oxygen atoms in total. The summed E-state index contributed by atoms with van der Waals surface area (Å²) in [4.78, 5) is 25.0. The van der Waals surface area contributed by atoms with Crippen molar-refractivity contribution in [3.8, 4) is 0 Å². The van der Waals surface area contributed by atoms with Gasteiger partial charge in [0.25, 0.3) is 0 Å². The highest BCUT2D eigenvalue weighted by molar-refractivity contribution is 8.00. The molecule has 0 aromatic carbocycles. The summed E-state index contributed by atoms with van der Waals surface area (Å²) < 4.78 is 1.58. The molecule has 1 aliphatic rings. The number of aliphatic carboxylic acids is 1. The van der Waals surface area contributed by atoms with E-state index in [0.29, 0.717) is 11.6 Å². The number of carbonyl (C=O) groups is 2. The number of carboxylic acids is 1. The summed E-state index contributed by atoms with van der Waals surface area (Å²) in [6, 6.07) is 0.492. The zero-order chi connectivity index (χ0) is 14.7. The van der Waals surface area contributed by atoms with E-state index in [-0.39, 0.29) is 5.37 Å². The lowest BCUT2D eigenvalue weighted by Crippen LogP contribution is -2.47. The van der Waals surface area contributed by atoms with E-state index in [1.807, 2.05) is 6.92 Å². The van der Waals surface area contributed by atoms with Gasteiger partial charge in [-0.15, -0.1) is 11.8 Å². The number of carbonyl (C=O) groups excluding carboxylic acids is 1. The molecule has 0 radical (unpaired) electrons. The molecule has 2 N–H and O–H groups in total. The van der Waals surface area contributed by atoms with Crippen molar-refractivity contribution in [1.29, 1.82) is 0 Å². The number of hydrogen-bond acceptors (Lipinski definition) is 4. The molecule has 1 fully saturated rings. The number of amides is 2. The predicted octanol–water partition coefficient (Wildman–Crippen LogP) is 1.58. The predicted molar refractivity (Wildman–Crippen MR) is 76.6 cm³/mol. The molecule has 1 aromatic rings. The summed E-state index contributed by atoms with van der Waals surface area (Å²) in [5.74, 6) is -0.114. The zero-order valence-corrected chi connectivity index (χ0v) is 12.3. The molecular weight excluding hydrogens is 280 g/mol. The first-order valence-electron chi connectivity index (χ1n) is 6.46. The Balaban J connectivity index is 2.12. The van der Waals surface area contributed by atoms with Crippen LogP contribution in [-0.2, 0) is 11.8 Å². The average molecular weight is 298 g/mol. The quantitative estimate of drug-likeness (QED) is 0.881. The van der Waals surface area contributed by atoms with Gasteiger partial charge < -0.3 is 5.11 Å². The van der Waals surface area contributed by atoms with Crippen LogP contribution in [0.15, 0.2) is 12.3 Å². The van der Waals surface area contributed by atoms with E-state index < -0.39 is 18.0 Å². The normalized spacial score (nSPS) is 22.0. The van der Waals surface area contributed by atoms with Gasteiger partial charge in [0.15, 0.2) is 5.82 Å². The molecule has 0 saturated carbocycles. The Morgan fingerprint density at radius 2 is 2.35 bits per heavy atom. The van der Waals surface area contributed by atoms with Gasteiger partial charge in [-0.1, -0.05) is 13.3 Å². The topological polar surface area (TPSA) is 87.5 Å². The SMILES string of the molecule is CCCC1SCC(C(=O)O)N1C(=O)Nc1ccn(C)n1. The number of urea groups is 1. The van der Waals surface area contributed by atoms with Gasteiger partial charge >= 0.3 is 12.0 Å². The molecule has 2 heterocycles. The molecular formula is C12H18N4O3S. The Bertz CT molecular complexity index is 505. The van der Waals surface area contributed by atoms with Crippen molar-refractivity contribution in [2.75, 3.05) is 11.1 Å². The number of thioether (sulfide) groups is 1. The maximum Gasteiger partial charge on any atom is 0.327 e. The molecule has 8 heteroatoms. The number of anilines is 1. The highest BCUT2D eigenvalue weighted by Gasteiger charge is 2.41. The minimum Gasteiger partial charge on any atom is -0.480 e. The van der Waals surface area contributed by atoms with Crippen molar-refractivity contribution < 1.29 is 14.7 Å². The molecule has 0 spiro atoms. The summed E-state index contributed by atoms with van der Waals surface area (Å²) in [7, 11) is 1.75. The number of carboxylic acid groups (broad SMARTS) is 1. The molecule has 110 valence electrons. The molecule has 2 unspecified atom stereocenters. The zero-order valence-electron chi connectivity index (χ0n) is 11.4. The van der Waals surface area contributed by atoms with Crippen LogP contribution in [0.5, 0.6) is 0 Å². The fourth-order valence-corrected chi connectivity index (χ4v) is 3.66. The summed E-state index contributed by atoms with van der Waals surface area (Å²) in [6.45, 7) is 2.02. The van der Waals surface area contributed by atoms with E-state index in [9.17, 15) is 14.7 Å². The standard InChI is InChI=1S/C12H18N4O3S/c1-3-4-10-16(8(7-20-10)11(17)18)12(19)13-9-5-6-15(2)14-9/h5-6,8,10H,3-4,7H2,1-2H3,(H,17,18)(H,13,14,19). The summed E-state index contributed by atoms with van der Waals surface area (Å²) in [5.41, 5.74) is 0. The van der Waals surface area contributed by atoms with Crippen molar-refractivity contribution in [2.24, 2.45) is 7.05 Å². The van der Waals surface area contributed by atoms with Crippen molar-refractivity contribution in [1.82, 2.24) is 14.7 Å². The van der Waals surface area contributed by atoms with Gasteiger partial charge in [-0.2, -0.15) is 5.10 Å². The number of hydrogen-bond donors (Lipinski definition) is 2. The van der Waals surface area contributed by atoms with E-state index in [0.717, 1.165) is 12.8 Å². The first kappa shape index (κ1) is 14.7. The molecule has 1 aromatic heterocycles. The molecule has 0 bridgehead atoms. The second-order valence-electron chi connectivity index (χ2n) is 4.64. The average Bonchev–Trinajstić information content (AvgIpc) is 2.96. The Morgan fingerprint density at radius 1 is 1.60 bits per heavy atom. The lowest BCUT2D eigenvalue weighted by atomic mass is 10.2. The van der Waals surface area contributed by atoms with E-state index in [2.05, 4.69) is 10.4 Å². The second-order valence-corrected chi connectivity index (χ2v) is 5.85. The van der Waals surface area contributed by atoms with Gasteiger partial charge in [-0.05, 0) is 6.42 Å². The molecule has 1 saturated heterocycles. The molecule has 1 aliphatic heterocycles. The molecule has 2 atom stereocenters. The first-order valence-corrected chi connectivity index (χ1v) is 7.51. The maximum atomic E-state index is 12.3. The van der Waals surface area contributed by atoms with Gasteiger partial charge in [-0.3, -0.25) is 14.9 Å². The Kier molecular flexibility index (Phi) is 4.53. The fourth-order valence-electron chi connectivity index (χ4n) is 2.15. The van der Waals surface area contributed by atoms with E-state index in [1.165, 1.54) is 16.7 Å². The van der Waals surface area contributed by atoms with Crippen LogP contribution in [0.2, 0.25) is 0 Å². The summed E-state index contributed by atoms with van der Waals surface area (Å²) in [6.07, 6.45) is 3.40. The van der Waals surface area contributed by atoms with Crippen molar-refractivity contribution >= 4 is 29.6 Å². The van der Waals surface area contributed by atoms with Crippen LogP contribution in [-0.4, -0.2) is 49.0 Å². The number of rotatable bonds is 4. The van der Waals surface area contributed by atoms with Crippen molar-refractivity contribution in [2.45, 2.75) is 31.2 Å². The highest BCUT2D eigenvalue weighted by atomic mass is 32.2. The Labute approximate surface area is 121 Å². The van der Waals surface area contributed by atoms with Crippen LogP contribution < -0.4 is 5.32 Å². The summed E-state index contributed by atoms with van der Waals surface area (Å²) in [5, 5.41) is 15.9. The number of aryl methyl sites for hydroxylation is 1. The third-order valence-electron chi connectivity index (χ3n) is 3.10. The number of nitrogens with one attached hydrogen (secondary N) is 1. The van der Waals surface area contributed by atoms with Crippen molar-refractivity contribution in [3.05, 3.63) is 12.3 Å². The number of aromatic nitrogens is 2. The Hall–Kier alpha value is -1.70. The van der Waals surface area contributed by atoms with E-state index in [1.54, 1.807) is 24.0 Å². The highest BCUT2D eigenvalue weighted by Crippen LogP contribution is 2.32. The molecule has 2 amide bonds. The monoisotopic (exact) mass is 298 g/mol. The van der Waals surface area contributed by atoms with Gasteiger partial charge in [-0.25, -0.2) is 9.59 Å². The van der Waals surface area contributed by atoms with Crippen LogP contribution in [0.3, 0.4) is 0 Å². The van der Waals surface area contributed by atoms with E-state index >= 15 is 0 Å². The minimum atomic E-state index is -0.965. The number of nitrogens with zero attached hydrogens (tertiary/aromatic N) is 3. The maximum absolute atomic E-state index is 12.3. The van der Waals surface area contributed by atoms with Gasteiger partial charge in [0.1, 0.15) is 6.04 Å². The largest absolute Gasteiger partial charge is 0.480 e. The van der Waals surface area contributed by atoms with Crippen LogP contribution in [0.1, 0.15) is 19.8 Å². The van der Waals surface area contributed by atoms with Gasteiger partial charge in [0.05, 0.1) is 5.37 Å². The summed E-state index contributed by atoms with van der Waals surface area (Å²) >= 11 is 1.51. The Morgan fingerprint density at radius 3 is 2.90 bits per heavy atom. The first-order chi connectivity index (χ1) is 9.52. The third-order valence-corrected chi connectivity index (χ3v) is 4.45. The lowest BCUT2D eigenvalue weighted by Gasteiger charge is -2.26. The molecule has 0 aliphatic carbocycles. The molecule has 20 heavy (non-hydrogen) atoms. The minimum absolute atomic E-state index is 0.0928. The van der Waals surface area contributed by atoms with Crippen LogP contribution in [0.4, 0.5) is 10.6 Å².